The minimum atomic E-state index is -0.0217. The fourth-order valence-corrected chi connectivity index (χ4v) is 4.60. The number of ether oxygens (including phenoxy) is 1. The number of benzene rings is 2. The van der Waals surface area contributed by atoms with Crippen LogP contribution in [0.1, 0.15) is 43.7 Å². The first-order chi connectivity index (χ1) is 16.0. The molecule has 1 unspecified atom stereocenters. The molecule has 174 valence electrons. The maximum atomic E-state index is 13.6. The highest BCUT2D eigenvalue weighted by Gasteiger charge is 2.37. The van der Waals surface area contributed by atoms with Gasteiger partial charge >= 0.3 is 0 Å². The van der Waals surface area contributed by atoms with Crippen molar-refractivity contribution in [3.05, 3.63) is 71.8 Å². The van der Waals surface area contributed by atoms with Crippen molar-refractivity contribution in [1.29, 1.82) is 0 Å². The smallest absolute Gasteiger partial charge is 0.246 e. The molecule has 2 aliphatic rings. The van der Waals surface area contributed by atoms with Crippen molar-refractivity contribution in [1.82, 2.24) is 9.80 Å². The van der Waals surface area contributed by atoms with Crippen molar-refractivity contribution in [2.75, 3.05) is 20.2 Å². The van der Waals surface area contributed by atoms with Crippen molar-refractivity contribution >= 4 is 17.9 Å². The topological polar surface area (TPSA) is 49.9 Å². The molecule has 2 aromatic rings. The van der Waals surface area contributed by atoms with Gasteiger partial charge in [0.05, 0.1) is 7.11 Å². The summed E-state index contributed by atoms with van der Waals surface area (Å²) in [4.78, 5) is 30.1. The maximum Gasteiger partial charge on any atom is 0.246 e. The zero-order valence-electron chi connectivity index (χ0n) is 19.7. The molecule has 1 aliphatic carbocycles. The first-order valence-electron chi connectivity index (χ1n) is 12.0. The number of carbonyl (C=O) groups excluding carboxylic acids is 2. The van der Waals surface area contributed by atoms with Crippen LogP contribution in [-0.4, -0.2) is 47.9 Å². The van der Waals surface area contributed by atoms with Crippen LogP contribution in [0.2, 0.25) is 0 Å². The standard InChI is InChI=1S/C28H34N2O3/c1-21(24-11-12-24)30(20-23-8-13-26(33-2)14-9-23)28(32)25-16-18-29(19-17-25)27(31)15-10-22-6-4-3-5-7-22/h3-10,13-15,21,24-25H,11-12,16-20H2,1-2H3/b15-10+. The zero-order chi connectivity index (χ0) is 23.2. The van der Waals surface area contributed by atoms with Gasteiger partial charge in [-0.1, -0.05) is 42.5 Å². The van der Waals surface area contributed by atoms with Crippen LogP contribution in [0.5, 0.6) is 5.75 Å². The van der Waals surface area contributed by atoms with Crippen molar-refractivity contribution in [3.63, 3.8) is 0 Å². The molecule has 33 heavy (non-hydrogen) atoms. The van der Waals surface area contributed by atoms with E-state index in [2.05, 4.69) is 11.8 Å². The van der Waals surface area contributed by atoms with Gasteiger partial charge in [-0.3, -0.25) is 9.59 Å². The van der Waals surface area contributed by atoms with E-state index in [9.17, 15) is 9.59 Å². The number of piperidine rings is 1. The Bertz CT molecular complexity index is 958. The van der Waals surface area contributed by atoms with E-state index in [1.54, 1.807) is 13.2 Å². The van der Waals surface area contributed by atoms with Gasteiger partial charge in [0.25, 0.3) is 0 Å². The third-order valence-corrected chi connectivity index (χ3v) is 6.96. The molecule has 0 spiro atoms. The predicted octanol–water partition coefficient (Wildman–Crippen LogP) is 4.77. The highest BCUT2D eigenvalue weighted by Crippen LogP contribution is 2.37. The number of rotatable bonds is 8. The molecule has 1 aliphatic heterocycles. The second kappa shape index (κ2) is 10.7. The lowest BCUT2D eigenvalue weighted by Gasteiger charge is -2.36. The van der Waals surface area contributed by atoms with E-state index in [-0.39, 0.29) is 23.8 Å². The molecule has 5 heteroatoms. The van der Waals surface area contributed by atoms with Gasteiger partial charge in [0.15, 0.2) is 0 Å². The monoisotopic (exact) mass is 446 g/mol. The lowest BCUT2D eigenvalue weighted by atomic mass is 9.93. The van der Waals surface area contributed by atoms with E-state index in [1.807, 2.05) is 65.6 Å². The zero-order valence-corrected chi connectivity index (χ0v) is 19.7. The quantitative estimate of drug-likeness (QED) is 0.549. The van der Waals surface area contributed by atoms with E-state index < -0.39 is 0 Å². The van der Waals surface area contributed by atoms with Crippen LogP contribution in [-0.2, 0) is 16.1 Å². The Labute approximate surface area is 197 Å². The van der Waals surface area contributed by atoms with Gasteiger partial charge in [-0.25, -0.2) is 0 Å². The first kappa shape index (κ1) is 23.1. The Morgan fingerprint density at radius 1 is 1.03 bits per heavy atom. The summed E-state index contributed by atoms with van der Waals surface area (Å²) in [7, 11) is 1.66. The van der Waals surface area contributed by atoms with Gasteiger partial charge in [-0.05, 0) is 67.9 Å². The molecule has 2 fully saturated rings. The lowest BCUT2D eigenvalue weighted by Crippen LogP contribution is -2.47. The Kier molecular flexibility index (Phi) is 7.48. The van der Waals surface area contributed by atoms with Crippen LogP contribution in [0.4, 0.5) is 0 Å². The molecule has 1 saturated carbocycles. The van der Waals surface area contributed by atoms with Gasteiger partial charge < -0.3 is 14.5 Å². The highest BCUT2D eigenvalue weighted by molar-refractivity contribution is 5.92. The fourth-order valence-electron chi connectivity index (χ4n) is 4.60. The van der Waals surface area contributed by atoms with Crippen molar-refractivity contribution < 1.29 is 14.3 Å². The first-order valence-corrected chi connectivity index (χ1v) is 12.0. The summed E-state index contributed by atoms with van der Waals surface area (Å²) in [6, 6.07) is 18.1. The summed E-state index contributed by atoms with van der Waals surface area (Å²) in [5.41, 5.74) is 2.13. The summed E-state index contributed by atoms with van der Waals surface area (Å²) < 4.78 is 5.27. The third kappa shape index (κ3) is 6.04. The van der Waals surface area contributed by atoms with Gasteiger partial charge in [0.2, 0.25) is 11.8 Å². The summed E-state index contributed by atoms with van der Waals surface area (Å²) in [6.45, 7) is 4.07. The molecular formula is C28H34N2O3. The summed E-state index contributed by atoms with van der Waals surface area (Å²) >= 11 is 0. The van der Waals surface area contributed by atoms with Gasteiger partial charge in [-0.2, -0.15) is 0 Å². The van der Waals surface area contributed by atoms with E-state index in [0.717, 1.165) is 29.7 Å². The Morgan fingerprint density at radius 3 is 2.30 bits per heavy atom. The van der Waals surface area contributed by atoms with E-state index in [1.165, 1.54) is 12.8 Å². The molecule has 5 nitrogen and oxygen atoms in total. The summed E-state index contributed by atoms with van der Waals surface area (Å²) in [5.74, 6) is 1.66. The molecule has 0 aromatic heterocycles. The van der Waals surface area contributed by atoms with E-state index >= 15 is 0 Å². The largest absolute Gasteiger partial charge is 0.497 e. The average Bonchev–Trinajstić information content (AvgIpc) is 3.72. The van der Waals surface area contributed by atoms with Crippen molar-refractivity contribution in [2.45, 2.75) is 45.2 Å². The van der Waals surface area contributed by atoms with E-state index in [0.29, 0.717) is 25.6 Å². The molecule has 1 atom stereocenters. The number of hydrogen-bond donors (Lipinski definition) is 0. The number of methoxy groups -OCH3 is 1. The van der Waals surface area contributed by atoms with Gasteiger partial charge in [0.1, 0.15) is 5.75 Å². The molecule has 0 bridgehead atoms. The van der Waals surface area contributed by atoms with Crippen molar-refractivity contribution in [3.8, 4) is 5.75 Å². The van der Waals surface area contributed by atoms with Crippen LogP contribution >= 0.6 is 0 Å². The number of carbonyl (C=O) groups is 2. The Hall–Kier alpha value is -3.08. The Morgan fingerprint density at radius 2 is 1.70 bits per heavy atom. The highest BCUT2D eigenvalue weighted by atomic mass is 16.5. The normalized spacial score (nSPS) is 17.7. The van der Waals surface area contributed by atoms with Crippen LogP contribution in [0.3, 0.4) is 0 Å². The minimum Gasteiger partial charge on any atom is -0.497 e. The third-order valence-electron chi connectivity index (χ3n) is 6.96. The number of amides is 2. The van der Waals surface area contributed by atoms with Crippen LogP contribution in [0.15, 0.2) is 60.7 Å². The molecule has 4 rings (SSSR count). The second-order valence-electron chi connectivity index (χ2n) is 9.24. The summed E-state index contributed by atoms with van der Waals surface area (Å²) in [5, 5.41) is 0. The van der Waals surface area contributed by atoms with Crippen LogP contribution in [0, 0.1) is 11.8 Å². The number of likely N-dealkylation sites (tertiary alicyclic amines) is 1. The number of nitrogens with zero attached hydrogens (tertiary/aromatic N) is 2. The van der Waals surface area contributed by atoms with Crippen molar-refractivity contribution in [2.24, 2.45) is 11.8 Å². The molecule has 2 aromatic carbocycles. The average molecular weight is 447 g/mol. The van der Waals surface area contributed by atoms with Gasteiger partial charge in [-0.15, -0.1) is 0 Å². The molecule has 1 saturated heterocycles. The molecule has 2 amide bonds. The Balaban J connectivity index is 1.36. The predicted molar refractivity (Wildman–Crippen MR) is 131 cm³/mol. The molecule has 1 heterocycles. The molecular weight excluding hydrogens is 412 g/mol. The van der Waals surface area contributed by atoms with Crippen LogP contribution in [0.25, 0.3) is 6.08 Å². The maximum absolute atomic E-state index is 13.6. The molecule has 0 N–H and O–H groups in total. The summed E-state index contributed by atoms with van der Waals surface area (Å²) in [6.07, 6.45) is 7.35. The number of hydrogen-bond acceptors (Lipinski definition) is 3. The lowest BCUT2D eigenvalue weighted by molar-refractivity contribution is -0.142. The minimum absolute atomic E-state index is 0.0196. The second-order valence-corrected chi connectivity index (χ2v) is 9.24. The van der Waals surface area contributed by atoms with Gasteiger partial charge in [0, 0.05) is 37.7 Å². The fraction of sp³-hybridized carbons (Fsp3) is 0.429. The van der Waals surface area contributed by atoms with E-state index in [4.69, 9.17) is 4.74 Å². The molecule has 0 radical (unpaired) electrons. The SMILES string of the molecule is COc1ccc(CN(C(=O)C2CCN(C(=O)/C=C/c3ccccc3)CC2)C(C)C2CC2)cc1. The van der Waals surface area contributed by atoms with Crippen LogP contribution < -0.4 is 4.74 Å².